The van der Waals surface area contributed by atoms with E-state index in [0.717, 1.165) is 11.1 Å². The van der Waals surface area contributed by atoms with E-state index in [1.807, 2.05) is 32.0 Å². The number of ether oxygens (including phenoxy) is 2. The van der Waals surface area contributed by atoms with Gasteiger partial charge < -0.3 is 9.47 Å². The van der Waals surface area contributed by atoms with Crippen LogP contribution in [0.1, 0.15) is 25.0 Å². The second kappa shape index (κ2) is 4.82. The van der Waals surface area contributed by atoms with Gasteiger partial charge in [-0.05, 0) is 38.8 Å². The predicted octanol–water partition coefficient (Wildman–Crippen LogP) is 3.23. The smallest absolute Gasteiger partial charge is 0.431 e. The molecule has 0 aromatic heterocycles. The molecule has 0 aliphatic heterocycles. The van der Waals surface area contributed by atoms with Gasteiger partial charge in [0.1, 0.15) is 5.75 Å². The molecular weight excluding hydrogens is 192 g/mol. The molecule has 0 heterocycles. The summed E-state index contributed by atoms with van der Waals surface area (Å²) >= 11 is 0. The van der Waals surface area contributed by atoms with Crippen LogP contribution in [0.15, 0.2) is 18.2 Å². The third kappa shape index (κ3) is 3.27. The number of carbonyl (C=O) groups excluding carboxylic acids is 1. The molecule has 0 atom stereocenters. The fourth-order valence-corrected chi connectivity index (χ4v) is 1.26. The normalized spacial score (nSPS) is 10.2. The maximum absolute atomic E-state index is 11.3. The lowest BCUT2D eigenvalue weighted by molar-refractivity contribution is 0.0724. The molecule has 1 aromatic rings. The Labute approximate surface area is 90.0 Å². The van der Waals surface area contributed by atoms with Crippen molar-refractivity contribution in [2.75, 3.05) is 0 Å². The lowest BCUT2D eigenvalue weighted by Crippen LogP contribution is -2.16. The first kappa shape index (κ1) is 11.6. The van der Waals surface area contributed by atoms with Gasteiger partial charge in [-0.3, -0.25) is 0 Å². The molecule has 1 aromatic carbocycles. The summed E-state index contributed by atoms with van der Waals surface area (Å²) < 4.78 is 10.0. The van der Waals surface area contributed by atoms with Crippen molar-refractivity contribution in [1.29, 1.82) is 0 Å². The van der Waals surface area contributed by atoms with Crippen LogP contribution < -0.4 is 4.74 Å². The van der Waals surface area contributed by atoms with Gasteiger partial charge in [0, 0.05) is 0 Å². The molecule has 3 heteroatoms. The molecule has 0 saturated carbocycles. The molecule has 0 unspecified atom stereocenters. The first-order valence-electron chi connectivity index (χ1n) is 4.95. The third-order valence-electron chi connectivity index (χ3n) is 1.93. The summed E-state index contributed by atoms with van der Waals surface area (Å²) in [6.45, 7) is 7.36. The van der Waals surface area contributed by atoms with Crippen LogP contribution in [0, 0.1) is 13.8 Å². The molecule has 0 saturated heterocycles. The highest BCUT2D eigenvalue weighted by Gasteiger charge is 2.11. The Hall–Kier alpha value is -1.51. The lowest BCUT2D eigenvalue weighted by atomic mass is 10.1. The van der Waals surface area contributed by atoms with E-state index < -0.39 is 6.16 Å². The molecule has 0 aliphatic rings. The van der Waals surface area contributed by atoms with Crippen molar-refractivity contribution >= 4 is 6.16 Å². The molecule has 0 aliphatic carbocycles. The van der Waals surface area contributed by atoms with Gasteiger partial charge in [-0.15, -0.1) is 0 Å². The largest absolute Gasteiger partial charge is 0.514 e. The van der Waals surface area contributed by atoms with Crippen molar-refractivity contribution in [1.82, 2.24) is 0 Å². The van der Waals surface area contributed by atoms with Crippen LogP contribution in [-0.4, -0.2) is 12.3 Å². The van der Waals surface area contributed by atoms with Gasteiger partial charge in [0.05, 0.1) is 6.10 Å². The maximum atomic E-state index is 11.3. The highest BCUT2D eigenvalue weighted by Crippen LogP contribution is 2.22. The van der Waals surface area contributed by atoms with E-state index >= 15 is 0 Å². The Bertz CT molecular complexity index is 336. The Balaban J connectivity index is 2.76. The van der Waals surface area contributed by atoms with Gasteiger partial charge in [0.15, 0.2) is 0 Å². The first-order valence-corrected chi connectivity index (χ1v) is 4.95. The highest BCUT2D eigenvalue weighted by molar-refractivity contribution is 5.65. The number of hydrogen-bond donors (Lipinski definition) is 0. The minimum Gasteiger partial charge on any atom is -0.431 e. The molecule has 82 valence electrons. The van der Waals surface area contributed by atoms with Gasteiger partial charge >= 0.3 is 6.16 Å². The van der Waals surface area contributed by atoms with E-state index in [1.54, 1.807) is 13.8 Å². The molecule has 0 amide bonds. The molecular formula is C12H16O3. The van der Waals surface area contributed by atoms with E-state index in [0.29, 0.717) is 5.75 Å². The van der Waals surface area contributed by atoms with Crippen molar-refractivity contribution in [2.45, 2.75) is 33.8 Å². The number of para-hydroxylation sites is 1. The maximum Gasteiger partial charge on any atom is 0.514 e. The molecule has 0 radical (unpaired) electrons. The minimum atomic E-state index is -0.651. The fraction of sp³-hybridized carbons (Fsp3) is 0.417. The molecule has 15 heavy (non-hydrogen) atoms. The number of benzene rings is 1. The zero-order valence-electron chi connectivity index (χ0n) is 9.53. The van der Waals surface area contributed by atoms with Crippen molar-refractivity contribution in [2.24, 2.45) is 0 Å². The Kier molecular flexibility index (Phi) is 3.72. The lowest BCUT2D eigenvalue weighted by Gasteiger charge is -2.11. The molecule has 0 spiro atoms. The summed E-state index contributed by atoms with van der Waals surface area (Å²) in [7, 11) is 0. The summed E-state index contributed by atoms with van der Waals surface area (Å²) in [5.74, 6) is 0.586. The highest BCUT2D eigenvalue weighted by atomic mass is 16.7. The Morgan fingerprint density at radius 1 is 1.20 bits per heavy atom. The number of rotatable bonds is 2. The second-order valence-corrected chi connectivity index (χ2v) is 3.74. The van der Waals surface area contributed by atoms with Crippen LogP contribution in [-0.2, 0) is 4.74 Å². The summed E-state index contributed by atoms with van der Waals surface area (Å²) in [6.07, 6.45) is -0.816. The minimum absolute atomic E-state index is 0.165. The summed E-state index contributed by atoms with van der Waals surface area (Å²) in [6, 6.07) is 5.71. The molecule has 1 rings (SSSR count). The van der Waals surface area contributed by atoms with Crippen LogP contribution in [0.5, 0.6) is 5.75 Å². The van der Waals surface area contributed by atoms with Crippen LogP contribution >= 0.6 is 0 Å². The van der Waals surface area contributed by atoms with Crippen molar-refractivity contribution in [3.63, 3.8) is 0 Å². The van der Waals surface area contributed by atoms with Gasteiger partial charge in [-0.25, -0.2) is 4.79 Å². The van der Waals surface area contributed by atoms with E-state index in [9.17, 15) is 4.79 Å². The monoisotopic (exact) mass is 208 g/mol. The van der Waals surface area contributed by atoms with Gasteiger partial charge in [0.2, 0.25) is 0 Å². The number of hydrogen-bond acceptors (Lipinski definition) is 3. The van der Waals surface area contributed by atoms with E-state index in [1.165, 1.54) is 0 Å². The Morgan fingerprint density at radius 3 is 2.20 bits per heavy atom. The summed E-state index contributed by atoms with van der Waals surface area (Å²) in [5, 5.41) is 0. The van der Waals surface area contributed by atoms with Gasteiger partial charge in [-0.1, -0.05) is 18.2 Å². The van der Waals surface area contributed by atoms with Crippen LogP contribution in [0.2, 0.25) is 0 Å². The third-order valence-corrected chi connectivity index (χ3v) is 1.93. The average molecular weight is 208 g/mol. The van der Waals surface area contributed by atoms with Crippen molar-refractivity contribution in [3.05, 3.63) is 29.3 Å². The van der Waals surface area contributed by atoms with Crippen molar-refractivity contribution < 1.29 is 14.3 Å². The standard InChI is InChI=1S/C12H16O3/c1-8(2)14-12(13)15-11-9(3)6-5-7-10(11)4/h5-8H,1-4H3. The Morgan fingerprint density at radius 2 is 1.73 bits per heavy atom. The molecule has 3 nitrogen and oxygen atoms in total. The topological polar surface area (TPSA) is 35.5 Å². The zero-order valence-corrected chi connectivity index (χ0v) is 9.53. The van der Waals surface area contributed by atoms with E-state index in [-0.39, 0.29) is 6.10 Å². The zero-order chi connectivity index (χ0) is 11.4. The van der Waals surface area contributed by atoms with Crippen LogP contribution in [0.4, 0.5) is 4.79 Å². The second-order valence-electron chi connectivity index (χ2n) is 3.74. The van der Waals surface area contributed by atoms with Gasteiger partial charge in [0.25, 0.3) is 0 Å². The number of aryl methyl sites for hydroxylation is 2. The van der Waals surface area contributed by atoms with Crippen LogP contribution in [0.25, 0.3) is 0 Å². The van der Waals surface area contributed by atoms with E-state index in [2.05, 4.69) is 0 Å². The van der Waals surface area contributed by atoms with Gasteiger partial charge in [-0.2, -0.15) is 0 Å². The predicted molar refractivity (Wildman–Crippen MR) is 58.2 cm³/mol. The fourth-order valence-electron chi connectivity index (χ4n) is 1.26. The summed E-state index contributed by atoms with van der Waals surface area (Å²) in [4.78, 5) is 11.3. The van der Waals surface area contributed by atoms with Crippen molar-refractivity contribution in [3.8, 4) is 5.75 Å². The SMILES string of the molecule is Cc1cccc(C)c1OC(=O)OC(C)C. The average Bonchev–Trinajstić information content (AvgIpc) is 2.10. The molecule has 0 N–H and O–H groups in total. The summed E-state index contributed by atoms with van der Waals surface area (Å²) in [5.41, 5.74) is 1.85. The van der Waals surface area contributed by atoms with E-state index in [4.69, 9.17) is 9.47 Å². The molecule has 0 bridgehead atoms. The molecule has 0 fully saturated rings. The van der Waals surface area contributed by atoms with Crippen LogP contribution in [0.3, 0.4) is 0 Å². The first-order chi connectivity index (χ1) is 7.00. The quantitative estimate of drug-likeness (QED) is 0.553. The number of carbonyl (C=O) groups is 1.